The van der Waals surface area contributed by atoms with Crippen LogP contribution in [0.1, 0.15) is 41.0 Å². The fourth-order valence-electron chi connectivity index (χ4n) is 1.29. The van der Waals surface area contributed by atoms with Crippen LogP contribution in [0.3, 0.4) is 0 Å². The first-order valence-electron chi connectivity index (χ1n) is 5.55. The van der Waals surface area contributed by atoms with Crippen LogP contribution in [-0.2, 0) is 9.53 Å². The van der Waals surface area contributed by atoms with Crippen molar-refractivity contribution in [3.05, 3.63) is 11.3 Å². The van der Waals surface area contributed by atoms with Gasteiger partial charge in [-0.25, -0.2) is 4.79 Å². The Labute approximate surface area is 92.7 Å². The predicted molar refractivity (Wildman–Crippen MR) is 62.1 cm³/mol. The van der Waals surface area contributed by atoms with Crippen LogP contribution in [0.25, 0.3) is 0 Å². The molecule has 0 amide bonds. The first-order chi connectivity index (χ1) is 6.90. The Morgan fingerprint density at radius 3 is 2.13 bits per heavy atom. The minimum absolute atomic E-state index is 0.183. The second-order valence-electron chi connectivity index (χ2n) is 4.41. The van der Waals surface area contributed by atoms with E-state index in [4.69, 9.17) is 10.5 Å². The molecule has 88 valence electrons. The standard InChI is InChI=1S/C12H23NO2/c1-6-15-12(14)10(7-8(2)3)11(13)9(4)5/h8-9H,6-7,13H2,1-5H3/b11-10+. The van der Waals surface area contributed by atoms with Gasteiger partial charge in [0.2, 0.25) is 0 Å². The zero-order chi connectivity index (χ0) is 12.0. The lowest BCUT2D eigenvalue weighted by atomic mass is 9.97. The normalized spacial score (nSPS) is 13.0. The van der Waals surface area contributed by atoms with Gasteiger partial charge in [0.1, 0.15) is 0 Å². The SMILES string of the molecule is CCOC(=O)/C(CC(C)C)=C(/N)C(C)C. The summed E-state index contributed by atoms with van der Waals surface area (Å²) >= 11 is 0. The summed E-state index contributed by atoms with van der Waals surface area (Å²) in [6.07, 6.45) is 0.683. The molecule has 0 saturated carbocycles. The minimum Gasteiger partial charge on any atom is -0.463 e. The fourth-order valence-corrected chi connectivity index (χ4v) is 1.29. The van der Waals surface area contributed by atoms with Crippen LogP contribution in [0, 0.1) is 11.8 Å². The van der Waals surface area contributed by atoms with Crippen LogP contribution in [0.4, 0.5) is 0 Å². The molecule has 0 heterocycles. The van der Waals surface area contributed by atoms with E-state index in [0.29, 0.717) is 30.2 Å². The predicted octanol–water partition coefficient (Wildman–Crippen LogP) is 2.46. The van der Waals surface area contributed by atoms with Crippen molar-refractivity contribution in [2.45, 2.75) is 41.0 Å². The van der Waals surface area contributed by atoms with Gasteiger partial charge in [-0.05, 0) is 25.2 Å². The van der Waals surface area contributed by atoms with E-state index in [9.17, 15) is 4.79 Å². The molecule has 0 radical (unpaired) electrons. The van der Waals surface area contributed by atoms with Gasteiger partial charge in [-0.2, -0.15) is 0 Å². The highest BCUT2D eigenvalue weighted by atomic mass is 16.5. The quantitative estimate of drug-likeness (QED) is 0.564. The summed E-state index contributed by atoms with van der Waals surface area (Å²) in [4.78, 5) is 11.7. The van der Waals surface area contributed by atoms with Crippen molar-refractivity contribution in [1.82, 2.24) is 0 Å². The van der Waals surface area contributed by atoms with Gasteiger partial charge in [-0.15, -0.1) is 0 Å². The van der Waals surface area contributed by atoms with Crippen molar-refractivity contribution in [1.29, 1.82) is 0 Å². The summed E-state index contributed by atoms with van der Waals surface area (Å²) in [5.74, 6) is 0.322. The van der Waals surface area contributed by atoms with E-state index in [1.54, 1.807) is 6.92 Å². The zero-order valence-electron chi connectivity index (χ0n) is 10.5. The molecular formula is C12H23NO2. The summed E-state index contributed by atoms with van der Waals surface area (Å²) in [7, 11) is 0. The monoisotopic (exact) mass is 213 g/mol. The highest BCUT2D eigenvalue weighted by Gasteiger charge is 2.17. The molecule has 0 fully saturated rings. The molecule has 0 rings (SSSR count). The van der Waals surface area contributed by atoms with Gasteiger partial charge in [0.25, 0.3) is 0 Å². The number of hydrogen-bond donors (Lipinski definition) is 1. The molecule has 3 nitrogen and oxygen atoms in total. The average Bonchev–Trinajstić information content (AvgIpc) is 2.13. The summed E-state index contributed by atoms with van der Waals surface area (Å²) in [5, 5.41) is 0. The van der Waals surface area contributed by atoms with Crippen molar-refractivity contribution in [2.24, 2.45) is 17.6 Å². The van der Waals surface area contributed by atoms with Crippen molar-refractivity contribution in [3.8, 4) is 0 Å². The van der Waals surface area contributed by atoms with Crippen LogP contribution >= 0.6 is 0 Å². The molecule has 0 unspecified atom stereocenters. The van der Waals surface area contributed by atoms with Crippen LogP contribution in [0.2, 0.25) is 0 Å². The lowest BCUT2D eigenvalue weighted by Crippen LogP contribution is -2.18. The maximum atomic E-state index is 11.7. The molecule has 0 aromatic rings. The number of esters is 1. The Morgan fingerprint density at radius 1 is 1.27 bits per heavy atom. The van der Waals surface area contributed by atoms with Crippen molar-refractivity contribution in [2.75, 3.05) is 6.61 Å². The van der Waals surface area contributed by atoms with Crippen molar-refractivity contribution >= 4 is 5.97 Å². The van der Waals surface area contributed by atoms with Gasteiger partial charge in [-0.3, -0.25) is 0 Å². The Hall–Kier alpha value is -0.990. The largest absolute Gasteiger partial charge is 0.463 e. The van der Waals surface area contributed by atoms with E-state index >= 15 is 0 Å². The van der Waals surface area contributed by atoms with E-state index in [2.05, 4.69) is 13.8 Å². The average molecular weight is 213 g/mol. The molecule has 0 saturated heterocycles. The Balaban J connectivity index is 4.87. The number of hydrogen-bond acceptors (Lipinski definition) is 3. The number of rotatable bonds is 5. The first-order valence-corrected chi connectivity index (χ1v) is 5.55. The highest BCUT2D eigenvalue weighted by molar-refractivity contribution is 5.89. The molecule has 0 aromatic heterocycles. The third-order valence-corrected chi connectivity index (χ3v) is 2.10. The summed E-state index contributed by atoms with van der Waals surface area (Å²) < 4.78 is 5.00. The van der Waals surface area contributed by atoms with E-state index in [1.807, 2.05) is 13.8 Å². The molecule has 15 heavy (non-hydrogen) atoms. The summed E-state index contributed by atoms with van der Waals surface area (Å²) in [5.41, 5.74) is 7.21. The maximum Gasteiger partial charge on any atom is 0.335 e. The Bertz CT molecular complexity index is 242. The van der Waals surface area contributed by atoms with Crippen LogP contribution in [0.5, 0.6) is 0 Å². The molecule has 0 spiro atoms. The van der Waals surface area contributed by atoms with Crippen molar-refractivity contribution in [3.63, 3.8) is 0 Å². The zero-order valence-corrected chi connectivity index (χ0v) is 10.5. The lowest BCUT2D eigenvalue weighted by molar-refractivity contribution is -0.138. The van der Waals surface area contributed by atoms with E-state index in [0.717, 1.165) is 0 Å². The molecule has 0 bridgehead atoms. The van der Waals surface area contributed by atoms with E-state index in [-0.39, 0.29) is 11.9 Å². The van der Waals surface area contributed by atoms with Crippen molar-refractivity contribution < 1.29 is 9.53 Å². The smallest absolute Gasteiger partial charge is 0.335 e. The topological polar surface area (TPSA) is 52.3 Å². The van der Waals surface area contributed by atoms with Crippen LogP contribution in [0.15, 0.2) is 11.3 Å². The van der Waals surface area contributed by atoms with Gasteiger partial charge in [-0.1, -0.05) is 27.7 Å². The number of carbonyl (C=O) groups excluding carboxylic acids is 1. The molecule has 0 aliphatic rings. The van der Waals surface area contributed by atoms with E-state index < -0.39 is 0 Å². The second kappa shape index (κ2) is 6.49. The molecule has 0 atom stereocenters. The van der Waals surface area contributed by atoms with Gasteiger partial charge in [0, 0.05) is 5.70 Å². The van der Waals surface area contributed by atoms with Gasteiger partial charge in [0.05, 0.1) is 12.2 Å². The molecule has 0 aliphatic heterocycles. The molecule has 0 aromatic carbocycles. The van der Waals surface area contributed by atoms with Gasteiger partial charge >= 0.3 is 5.97 Å². The number of allylic oxidation sites excluding steroid dienone is 1. The minimum atomic E-state index is -0.266. The Kier molecular flexibility index (Phi) is 6.06. The summed E-state index contributed by atoms with van der Waals surface area (Å²) in [6, 6.07) is 0. The third-order valence-electron chi connectivity index (χ3n) is 2.10. The second-order valence-corrected chi connectivity index (χ2v) is 4.41. The molecular weight excluding hydrogens is 190 g/mol. The van der Waals surface area contributed by atoms with Crippen LogP contribution < -0.4 is 5.73 Å². The van der Waals surface area contributed by atoms with Gasteiger partial charge < -0.3 is 10.5 Å². The number of carbonyl (C=O) groups is 1. The third kappa shape index (κ3) is 4.86. The van der Waals surface area contributed by atoms with Crippen LogP contribution in [-0.4, -0.2) is 12.6 Å². The number of nitrogens with two attached hydrogens (primary N) is 1. The summed E-state index contributed by atoms with van der Waals surface area (Å²) in [6.45, 7) is 10.3. The maximum absolute atomic E-state index is 11.7. The fraction of sp³-hybridized carbons (Fsp3) is 0.750. The highest BCUT2D eigenvalue weighted by Crippen LogP contribution is 2.18. The Morgan fingerprint density at radius 2 is 1.80 bits per heavy atom. The first kappa shape index (κ1) is 14.0. The van der Waals surface area contributed by atoms with Gasteiger partial charge in [0.15, 0.2) is 0 Å². The van der Waals surface area contributed by atoms with E-state index in [1.165, 1.54) is 0 Å². The molecule has 2 N–H and O–H groups in total. The molecule has 3 heteroatoms. The molecule has 0 aliphatic carbocycles. The lowest BCUT2D eigenvalue weighted by Gasteiger charge is -2.15. The number of ether oxygens (including phenoxy) is 1.